The molecule has 9 heteroatoms. The number of nitrogens with zero attached hydrogens (tertiary/aromatic N) is 3. The average Bonchev–Trinajstić information content (AvgIpc) is 3.25. The van der Waals surface area contributed by atoms with E-state index in [1.807, 2.05) is 6.07 Å². The molecule has 2 amide bonds. The maximum absolute atomic E-state index is 13.4. The molecule has 1 aromatic carbocycles. The summed E-state index contributed by atoms with van der Waals surface area (Å²) in [6, 6.07) is 7.25. The first-order valence-corrected chi connectivity index (χ1v) is 10.4. The third-order valence-electron chi connectivity index (χ3n) is 5.33. The van der Waals surface area contributed by atoms with E-state index < -0.39 is 5.91 Å². The van der Waals surface area contributed by atoms with Crippen molar-refractivity contribution in [2.24, 2.45) is 0 Å². The lowest BCUT2D eigenvalue weighted by Crippen LogP contribution is -2.44. The lowest BCUT2D eigenvalue weighted by molar-refractivity contribution is -0.134. The van der Waals surface area contributed by atoms with Gasteiger partial charge in [-0.1, -0.05) is 12.1 Å². The number of oxazole rings is 1. The number of carbonyl (C=O) groups excluding carboxylic acids is 2. The van der Waals surface area contributed by atoms with Crippen LogP contribution in [0, 0.1) is 5.82 Å². The molecule has 1 atom stereocenters. The summed E-state index contributed by atoms with van der Waals surface area (Å²) in [5, 5.41) is 12.0. The molecule has 3 heterocycles. The van der Waals surface area contributed by atoms with E-state index in [0.29, 0.717) is 31.0 Å². The fourth-order valence-corrected chi connectivity index (χ4v) is 3.80. The summed E-state index contributed by atoms with van der Waals surface area (Å²) in [5.41, 5.74) is 0.941. The highest BCUT2D eigenvalue weighted by Crippen LogP contribution is 2.31. The number of aromatic hydroxyl groups is 1. The van der Waals surface area contributed by atoms with Crippen LogP contribution in [0.2, 0.25) is 0 Å². The molecule has 0 aliphatic carbocycles. The summed E-state index contributed by atoms with van der Waals surface area (Å²) < 4.78 is 19.3. The van der Waals surface area contributed by atoms with Crippen molar-refractivity contribution in [1.82, 2.24) is 20.2 Å². The third kappa shape index (κ3) is 5.11. The number of likely N-dealkylation sites (tertiary alicyclic amines) is 1. The Morgan fingerprint density at radius 1 is 1.22 bits per heavy atom. The third-order valence-corrected chi connectivity index (χ3v) is 5.33. The fraction of sp³-hybridized carbons (Fsp3) is 0.304. The number of benzene rings is 1. The molecule has 2 aromatic heterocycles. The molecule has 8 nitrogen and oxygen atoms in total. The van der Waals surface area contributed by atoms with E-state index in [0.717, 1.165) is 18.4 Å². The van der Waals surface area contributed by atoms with Gasteiger partial charge in [0.25, 0.3) is 5.91 Å². The molecule has 3 aromatic rings. The highest BCUT2D eigenvalue weighted by molar-refractivity contribution is 5.96. The molecule has 1 fully saturated rings. The highest BCUT2D eigenvalue weighted by Gasteiger charge is 2.31. The second kappa shape index (κ2) is 9.59. The Morgan fingerprint density at radius 2 is 2.09 bits per heavy atom. The number of pyridine rings is 1. The summed E-state index contributed by atoms with van der Waals surface area (Å²) in [7, 11) is 0. The summed E-state index contributed by atoms with van der Waals surface area (Å²) in [6.45, 7) is 0.344. The van der Waals surface area contributed by atoms with Gasteiger partial charge in [-0.2, -0.15) is 0 Å². The average molecular weight is 438 g/mol. The minimum atomic E-state index is -0.496. The predicted molar refractivity (Wildman–Crippen MR) is 112 cm³/mol. The predicted octanol–water partition coefficient (Wildman–Crippen LogP) is 2.99. The summed E-state index contributed by atoms with van der Waals surface area (Å²) in [4.78, 5) is 34.9. The molecule has 0 unspecified atom stereocenters. The first-order chi connectivity index (χ1) is 15.5. The van der Waals surface area contributed by atoms with Crippen molar-refractivity contribution in [1.29, 1.82) is 0 Å². The Kier molecular flexibility index (Phi) is 6.44. The fourth-order valence-electron chi connectivity index (χ4n) is 3.80. The second-order valence-corrected chi connectivity index (χ2v) is 7.68. The topological polar surface area (TPSA) is 109 Å². The number of piperidine rings is 1. The van der Waals surface area contributed by atoms with Gasteiger partial charge in [-0.15, -0.1) is 0 Å². The minimum absolute atomic E-state index is 0.127. The van der Waals surface area contributed by atoms with Gasteiger partial charge in [0.05, 0.1) is 24.5 Å². The van der Waals surface area contributed by atoms with Gasteiger partial charge in [0.2, 0.25) is 11.8 Å². The normalized spacial score (nSPS) is 16.0. The van der Waals surface area contributed by atoms with E-state index >= 15 is 0 Å². The number of hydrogen-bond donors (Lipinski definition) is 2. The monoisotopic (exact) mass is 438 g/mol. The molecule has 1 aliphatic rings. The van der Waals surface area contributed by atoms with E-state index in [2.05, 4.69) is 15.3 Å². The van der Waals surface area contributed by atoms with Crippen molar-refractivity contribution in [2.75, 3.05) is 13.1 Å². The molecule has 1 aliphatic heterocycles. The highest BCUT2D eigenvalue weighted by atomic mass is 19.1. The van der Waals surface area contributed by atoms with Crippen LogP contribution in [0.5, 0.6) is 5.75 Å². The van der Waals surface area contributed by atoms with E-state index in [1.165, 1.54) is 30.6 Å². The van der Waals surface area contributed by atoms with Crippen molar-refractivity contribution in [2.45, 2.75) is 31.7 Å². The Labute approximate surface area is 184 Å². The molecule has 4 rings (SSSR count). The minimum Gasteiger partial charge on any atom is -0.506 e. The van der Waals surface area contributed by atoms with Crippen LogP contribution in [-0.4, -0.2) is 44.9 Å². The number of amides is 2. The van der Waals surface area contributed by atoms with Crippen LogP contribution >= 0.6 is 0 Å². The summed E-state index contributed by atoms with van der Waals surface area (Å²) >= 11 is 0. The Balaban J connectivity index is 1.40. The summed E-state index contributed by atoms with van der Waals surface area (Å²) in [6.07, 6.45) is 7.03. The zero-order valence-corrected chi connectivity index (χ0v) is 17.3. The largest absolute Gasteiger partial charge is 0.506 e. The number of halogens is 1. The molecule has 0 spiro atoms. The van der Waals surface area contributed by atoms with Crippen LogP contribution in [-0.2, 0) is 11.2 Å². The zero-order valence-electron chi connectivity index (χ0n) is 17.3. The van der Waals surface area contributed by atoms with Gasteiger partial charge in [-0.25, -0.2) is 9.37 Å². The molecule has 1 saturated heterocycles. The van der Waals surface area contributed by atoms with Crippen LogP contribution in [0.3, 0.4) is 0 Å². The molecule has 0 saturated carbocycles. The maximum atomic E-state index is 13.4. The Morgan fingerprint density at radius 3 is 2.91 bits per heavy atom. The van der Waals surface area contributed by atoms with E-state index in [-0.39, 0.29) is 35.6 Å². The lowest BCUT2D eigenvalue weighted by atomic mass is 10.0. The smallest absolute Gasteiger partial charge is 0.253 e. The van der Waals surface area contributed by atoms with Gasteiger partial charge >= 0.3 is 0 Å². The Bertz CT molecular complexity index is 1120. The van der Waals surface area contributed by atoms with Crippen LogP contribution in [0.25, 0.3) is 0 Å². The quantitative estimate of drug-likeness (QED) is 0.613. The van der Waals surface area contributed by atoms with E-state index in [1.54, 1.807) is 17.2 Å². The molecule has 0 bridgehead atoms. The molecule has 32 heavy (non-hydrogen) atoms. The molecule has 2 N–H and O–H groups in total. The first-order valence-electron chi connectivity index (χ1n) is 10.4. The number of hydrogen-bond acceptors (Lipinski definition) is 6. The van der Waals surface area contributed by atoms with Crippen molar-refractivity contribution >= 4 is 11.8 Å². The molecule has 166 valence electrons. The van der Waals surface area contributed by atoms with Gasteiger partial charge in [0.1, 0.15) is 23.4 Å². The second-order valence-electron chi connectivity index (χ2n) is 7.68. The van der Waals surface area contributed by atoms with E-state index in [9.17, 15) is 19.1 Å². The van der Waals surface area contributed by atoms with Crippen LogP contribution in [0.1, 0.15) is 52.9 Å². The van der Waals surface area contributed by atoms with Crippen molar-refractivity contribution in [3.63, 3.8) is 0 Å². The first kappa shape index (κ1) is 21.5. The Hall–Kier alpha value is -3.75. The van der Waals surface area contributed by atoms with Gasteiger partial charge in [-0.3, -0.25) is 14.6 Å². The number of carbonyl (C=O) groups is 2. The van der Waals surface area contributed by atoms with Crippen LogP contribution < -0.4 is 5.32 Å². The number of rotatable bonds is 6. The molecule has 0 radical (unpaired) electrons. The molecular formula is C23H23FN4O4. The van der Waals surface area contributed by atoms with Crippen LogP contribution in [0.15, 0.2) is 53.3 Å². The standard InChI is InChI=1S/C23H23FN4O4/c24-17-5-3-4-15(8-17)9-19-13-27-23(32-19)20-6-1-2-7-28(20)21(30)14-26-22(31)16-10-18(29)12-25-11-16/h3-5,8,10-13,20,29H,1-2,6-7,9,14H2,(H,26,31)/t20-/m1/s1. The molecular weight excluding hydrogens is 415 g/mol. The number of aromatic nitrogens is 2. The van der Waals surface area contributed by atoms with Gasteiger partial charge in [-0.05, 0) is 43.0 Å². The zero-order chi connectivity index (χ0) is 22.5. The van der Waals surface area contributed by atoms with E-state index in [4.69, 9.17) is 4.42 Å². The van der Waals surface area contributed by atoms with Crippen molar-refractivity contribution < 1.29 is 23.5 Å². The number of nitrogens with one attached hydrogen (secondary N) is 1. The SMILES string of the molecule is O=C(NCC(=O)N1CCCC[C@@H]1c1ncc(Cc2cccc(F)c2)o1)c1cncc(O)c1. The van der Waals surface area contributed by atoms with Gasteiger partial charge in [0, 0.05) is 19.2 Å². The van der Waals surface area contributed by atoms with Crippen molar-refractivity contribution in [3.8, 4) is 5.75 Å². The lowest BCUT2D eigenvalue weighted by Gasteiger charge is -2.33. The van der Waals surface area contributed by atoms with Gasteiger partial charge in [0.15, 0.2) is 0 Å². The van der Waals surface area contributed by atoms with Crippen molar-refractivity contribution in [3.05, 3.63) is 77.5 Å². The van der Waals surface area contributed by atoms with Gasteiger partial charge < -0.3 is 19.7 Å². The summed E-state index contributed by atoms with van der Waals surface area (Å²) in [5.74, 6) is -0.154. The maximum Gasteiger partial charge on any atom is 0.253 e. The van der Waals surface area contributed by atoms with Crippen LogP contribution in [0.4, 0.5) is 4.39 Å².